The summed E-state index contributed by atoms with van der Waals surface area (Å²) in [5, 5.41) is 10.1. The predicted molar refractivity (Wildman–Crippen MR) is 62.1 cm³/mol. The molecular weight excluding hydrogens is 218 g/mol. The van der Waals surface area contributed by atoms with Gasteiger partial charge in [-0.05, 0) is 40.1 Å². The average molecular weight is 234 g/mol. The average Bonchev–Trinajstić information content (AvgIpc) is 2.50. The predicted octanol–water partition coefficient (Wildman–Crippen LogP) is 2.78. The second-order valence-electron chi connectivity index (χ2n) is 4.09. The Bertz CT molecular complexity index is 309. The molecule has 14 heavy (non-hydrogen) atoms. The molecule has 4 heteroatoms. The molecule has 2 nitrogen and oxygen atoms in total. The molecular formula is C10H16ClNOS. The number of nitrogens with zero attached hydrogens (tertiary/aromatic N) is 1. The highest BCUT2D eigenvalue weighted by Crippen LogP contribution is 2.34. The molecule has 1 N–H and O–H groups in total. The first-order valence-corrected chi connectivity index (χ1v) is 5.66. The van der Waals surface area contributed by atoms with Crippen LogP contribution >= 0.6 is 22.9 Å². The minimum absolute atomic E-state index is 0.284. The number of hydrogen-bond donors (Lipinski definition) is 1. The molecule has 1 aromatic heterocycles. The van der Waals surface area contributed by atoms with E-state index in [4.69, 9.17) is 11.6 Å². The highest BCUT2D eigenvalue weighted by Gasteiger charge is 2.32. The van der Waals surface area contributed by atoms with Crippen molar-refractivity contribution in [3.8, 4) is 0 Å². The summed E-state index contributed by atoms with van der Waals surface area (Å²) >= 11 is 7.26. The molecule has 1 aromatic rings. The Labute approximate surface area is 94.1 Å². The molecule has 1 heterocycles. The molecule has 1 rings (SSSR count). The Kier molecular flexibility index (Phi) is 3.58. The third kappa shape index (κ3) is 2.28. The van der Waals surface area contributed by atoms with E-state index in [9.17, 15) is 5.11 Å². The third-order valence-corrected chi connectivity index (χ3v) is 3.97. The lowest BCUT2D eigenvalue weighted by Crippen LogP contribution is -2.43. The fraction of sp³-hybridized carbons (Fsp3) is 0.600. The van der Waals surface area contributed by atoms with Crippen LogP contribution in [-0.2, 0) is 0 Å². The molecule has 0 amide bonds. The number of rotatable bonds is 3. The summed E-state index contributed by atoms with van der Waals surface area (Å²) in [4.78, 5) is 2.92. The number of hydrogen-bond acceptors (Lipinski definition) is 3. The van der Waals surface area contributed by atoms with Gasteiger partial charge in [0.1, 0.15) is 6.10 Å². The topological polar surface area (TPSA) is 23.5 Å². The van der Waals surface area contributed by atoms with Gasteiger partial charge in [0.2, 0.25) is 0 Å². The molecule has 0 aliphatic carbocycles. The molecule has 0 aliphatic rings. The second kappa shape index (κ2) is 4.19. The maximum Gasteiger partial charge on any atom is 0.106 e. The molecule has 0 saturated carbocycles. The highest BCUT2D eigenvalue weighted by atomic mass is 35.5. The number of aliphatic hydroxyl groups is 1. The van der Waals surface area contributed by atoms with Gasteiger partial charge in [-0.1, -0.05) is 11.6 Å². The molecule has 0 fully saturated rings. The van der Waals surface area contributed by atoms with Crippen LogP contribution in [0.25, 0.3) is 0 Å². The standard InChI is InChI=1S/C10H16ClNOS/c1-10(2,12(3)4)9(13)7-5-6-8(11)14-7/h5-6,9,13H,1-4H3. The van der Waals surface area contributed by atoms with Crippen LogP contribution in [0.4, 0.5) is 0 Å². The van der Waals surface area contributed by atoms with Gasteiger partial charge in [-0.3, -0.25) is 0 Å². The lowest BCUT2D eigenvalue weighted by atomic mass is 9.95. The molecule has 0 aliphatic heterocycles. The maximum atomic E-state index is 10.1. The third-order valence-electron chi connectivity index (χ3n) is 2.69. The van der Waals surface area contributed by atoms with Crippen LogP contribution in [0.15, 0.2) is 12.1 Å². The van der Waals surface area contributed by atoms with Crippen molar-refractivity contribution in [3.63, 3.8) is 0 Å². The van der Waals surface area contributed by atoms with Crippen LogP contribution in [0.2, 0.25) is 4.34 Å². The van der Waals surface area contributed by atoms with Crippen LogP contribution in [0.5, 0.6) is 0 Å². The van der Waals surface area contributed by atoms with Crippen LogP contribution in [0, 0.1) is 0 Å². The number of aliphatic hydroxyl groups excluding tert-OH is 1. The van der Waals surface area contributed by atoms with Crippen molar-refractivity contribution in [2.45, 2.75) is 25.5 Å². The van der Waals surface area contributed by atoms with Gasteiger partial charge < -0.3 is 10.0 Å². The molecule has 0 radical (unpaired) electrons. The quantitative estimate of drug-likeness (QED) is 0.868. The van der Waals surface area contributed by atoms with Crippen molar-refractivity contribution in [2.75, 3.05) is 14.1 Å². The van der Waals surface area contributed by atoms with Crippen LogP contribution in [0.3, 0.4) is 0 Å². The summed E-state index contributed by atoms with van der Waals surface area (Å²) in [5.41, 5.74) is -0.284. The molecule has 0 bridgehead atoms. The van der Waals surface area contributed by atoms with Crippen molar-refractivity contribution < 1.29 is 5.11 Å². The van der Waals surface area contributed by atoms with Gasteiger partial charge >= 0.3 is 0 Å². The lowest BCUT2D eigenvalue weighted by molar-refractivity contribution is 0.0187. The SMILES string of the molecule is CN(C)C(C)(C)C(O)c1ccc(Cl)s1. The Morgan fingerprint density at radius 1 is 1.43 bits per heavy atom. The monoisotopic (exact) mass is 233 g/mol. The van der Waals surface area contributed by atoms with E-state index < -0.39 is 6.10 Å². The van der Waals surface area contributed by atoms with Crippen LogP contribution in [-0.4, -0.2) is 29.6 Å². The van der Waals surface area contributed by atoms with Gasteiger partial charge in [0.15, 0.2) is 0 Å². The van der Waals surface area contributed by atoms with E-state index in [0.717, 1.165) is 4.88 Å². The number of thiophene rings is 1. The molecule has 0 spiro atoms. The Hall–Kier alpha value is -0.0900. The first-order valence-electron chi connectivity index (χ1n) is 4.46. The van der Waals surface area contributed by atoms with E-state index in [0.29, 0.717) is 4.34 Å². The lowest BCUT2D eigenvalue weighted by Gasteiger charge is -2.36. The zero-order chi connectivity index (χ0) is 10.9. The zero-order valence-corrected chi connectivity index (χ0v) is 10.5. The summed E-state index contributed by atoms with van der Waals surface area (Å²) in [5.74, 6) is 0. The van der Waals surface area contributed by atoms with Crippen molar-refractivity contribution >= 4 is 22.9 Å². The molecule has 1 unspecified atom stereocenters. The van der Waals surface area contributed by atoms with E-state index in [2.05, 4.69) is 0 Å². The maximum absolute atomic E-state index is 10.1. The summed E-state index contributed by atoms with van der Waals surface area (Å²) in [6, 6.07) is 3.69. The van der Waals surface area contributed by atoms with Crippen molar-refractivity contribution in [1.29, 1.82) is 0 Å². The van der Waals surface area contributed by atoms with Crippen molar-refractivity contribution in [3.05, 3.63) is 21.3 Å². The highest BCUT2D eigenvalue weighted by molar-refractivity contribution is 7.16. The summed E-state index contributed by atoms with van der Waals surface area (Å²) in [6.07, 6.45) is -0.505. The van der Waals surface area contributed by atoms with Gasteiger partial charge in [0.05, 0.1) is 4.34 Å². The van der Waals surface area contributed by atoms with E-state index in [1.54, 1.807) is 0 Å². The zero-order valence-electron chi connectivity index (χ0n) is 8.91. The van der Waals surface area contributed by atoms with Crippen molar-refractivity contribution in [1.82, 2.24) is 4.90 Å². The van der Waals surface area contributed by atoms with Gasteiger partial charge in [0.25, 0.3) is 0 Å². The largest absolute Gasteiger partial charge is 0.386 e. The summed E-state index contributed by atoms with van der Waals surface area (Å²) < 4.78 is 0.716. The van der Waals surface area contributed by atoms with E-state index >= 15 is 0 Å². The Morgan fingerprint density at radius 3 is 2.36 bits per heavy atom. The van der Waals surface area contributed by atoms with Gasteiger partial charge in [-0.25, -0.2) is 0 Å². The molecule has 1 atom stereocenters. The fourth-order valence-electron chi connectivity index (χ4n) is 1.07. The first kappa shape index (κ1) is 12.0. The van der Waals surface area contributed by atoms with Gasteiger partial charge in [-0.15, -0.1) is 11.3 Å². The van der Waals surface area contributed by atoms with E-state index in [1.165, 1.54) is 11.3 Å². The normalized spacial score (nSPS) is 14.8. The fourth-order valence-corrected chi connectivity index (χ4v) is 2.30. The second-order valence-corrected chi connectivity index (χ2v) is 5.84. The van der Waals surface area contributed by atoms with Gasteiger partial charge in [-0.2, -0.15) is 0 Å². The first-order chi connectivity index (χ1) is 6.35. The minimum atomic E-state index is -0.505. The van der Waals surface area contributed by atoms with Crippen LogP contribution < -0.4 is 0 Å². The van der Waals surface area contributed by atoms with Crippen molar-refractivity contribution in [2.24, 2.45) is 0 Å². The van der Waals surface area contributed by atoms with E-state index in [-0.39, 0.29) is 5.54 Å². The molecule has 0 saturated heterocycles. The minimum Gasteiger partial charge on any atom is -0.386 e. The summed E-state index contributed by atoms with van der Waals surface area (Å²) in [6.45, 7) is 4.01. The number of halogens is 1. The van der Waals surface area contributed by atoms with Crippen LogP contribution in [0.1, 0.15) is 24.8 Å². The smallest absolute Gasteiger partial charge is 0.106 e. The molecule has 80 valence electrons. The van der Waals surface area contributed by atoms with Gasteiger partial charge in [0, 0.05) is 10.4 Å². The Balaban J connectivity index is 2.89. The molecule has 0 aromatic carbocycles. The van der Waals surface area contributed by atoms with E-state index in [1.807, 2.05) is 45.0 Å². The summed E-state index contributed by atoms with van der Waals surface area (Å²) in [7, 11) is 3.91. The Morgan fingerprint density at radius 2 is 2.00 bits per heavy atom. The number of likely N-dealkylation sites (N-methyl/N-ethyl adjacent to an activating group) is 1.